The second-order valence-corrected chi connectivity index (χ2v) is 5.65. The maximum absolute atomic E-state index is 13.5. The summed E-state index contributed by atoms with van der Waals surface area (Å²) in [4.78, 5) is 13.2. The molecule has 3 nitrogen and oxygen atoms in total. The quantitative estimate of drug-likeness (QED) is 0.641. The maximum Gasteiger partial charge on any atom is 0.410 e. The smallest absolute Gasteiger partial charge is 0.410 e. The van der Waals surface area contributed by atoms with Gasteiger partial charge in [0.15, 0.2) is 0 Å². The van der Waals surface area contributed by atoms with Crippen LogP contribution in [-0.2, 0) is 4.74 Å². The van der Waals surface area contributed by atoms with E-state index in [2.05, 4.69) is 0 Å². The zero-order valence-corrected chi connectivity index (χ0v) is 10.6. The van der Waals surface area contributed by atoms with Crippen molar-refractivity contribution < 1.29 is 13.9 Å². The number of ether oxygens (including phenoxy) is 1. The summed E-state index contributed by atoms with van der Waals surface area (Å²) in [7, 11) is 0. The first-order chi connectivity index (χ1) is 7.28. The molecule has 1 fully saturated rings. The number of amides is 1. The molecule has 4 heteroatoms. The number of likely N-dealkylation sites (tertiary alicyclic amines) is 1. The minimum Gasteiger partial charge on any atom is -0.444 e. The van der Waals surface area contributed by atoms with Crippen molar-refractivity contribution in [1.29, 1.82) is 0 Å². The Bertz CT molecular complexity index is 250. The highest BCUT2D eigenvalue weighted by Gasteiger charge is 2.28. The number of carbonyl (C=O) groups is 1. The summed E-state index contributed by atoms with van der Waals surface area (Å²) in [6, 6.07) is 0. The van der Waals surface area contributed by atoms with Gasteiger partial charge in [-0.15, -0.1) is 0 Å². The third kappa shape index (κ3) is 4.37. The summed E-state index contributed by atoms with van der Waals surface area (Å²) in [5.74, 6) is 0.336. The van der Waals surface area contributed by atoms with Gasteiger partial charge in [0, 0.05) is 6.54 Å². The molecule has 2 atom stereocenters. The van der Waals surface area contributed by atoms with Crippen molar-refractivity contribution in [2.24, 2.45) is 5.92 Å². The molecule has 0 bridgehead atoms. The number of hydrogen-bond acceptors (Lipinski definition) is 2. The van der Waals surface area contributed by atoms with Crippen molar-refractivity contribution in [2.75, 3.05) is 13.1 Å². The molecule has 0 radical (unpaired) electrons. The molecule has 1 rings (SSSR count). The third-order valence-corrected chi connectivity index (χ3v) is 2.62. The topological polar surface area (TPSA) is 29.5 Å². The van der Waals surface area contributed by atoms with Gasteiger partial charge in [0.25, 0.3) is 0 Å². The van der Waals surface area contributed by atoms with Gasteiger partial charge in [-0.3, -0.25) is 0 Å². The van der Waals surface area contributed by atoms with Crippen LogP contribution in [-0.4, -0.2) is 35.9 Å². The minimum absolute atomic E-state index is 0.166. The molecule has 0 aromatic heterocycles. The highest BCUT2D eigenvalue weighted by molar-refractivity contribution is 5.68. The second-order valence-electron chi connectivity index (χ2n) is 5.65. The van der Waals surface area contributed by atoms with Gasteiger partial charge in [-0.2, -0.15) is 0 Å². The second kappa shape index (κ2) is 5.02. The average molecular weight is 231 g/mol. The van der Waals surface area contributed by atoms with E-state index in [0.717, 1.165) is 6.42 Å². The van der Waals surface area contributed by atoms with Crippen LogP contribution >= 0.6 is 0 Å². The van der Waals surface area contributed by atoms with Gasteiger partial charge in [0.1, 0.15) is 11.8 Å². The monoisotopic (exact) mass is 231 g/mol. The fraction of sp³-hybridized carbons (Fsp3) is 0.917. The van der Waals surface area contributed by atoms with Crippen molar-refractivity contribution >= 4 is 6.09 Å². The molecule has 0 saturated carbocycles. The SMILES string of the molecule is C[C@@H]1CCN(C(=O)OC(C)(C)C)C[C@H](F)C1. The Morgan fingerprint density at radius 1 is 1.44 bits per heavy atom. The van der Waals surface area contributed by atoms with Crippen LogP contribution in [0.4, 0.5) is 9.18 Å². The Morgan fingerprint density at radius 3 is 2.62 bits per heavy atom. The number of carbonyl (C=O) groups excluding carboxylic acids is 1. The summed E-state index contributed by atoms with van der Waals surface area (Å²) in [5.41, 5.74) is -0.513. The summed E-state index contributed by atoms with van der Waals surface area (Å²) in [5, 5.41) is 0. The number of halogens is 1. The fourth-order valence-corrected chi connectivity index (χ4v) is 1.83. The van der Waals surface area contributed by atoms with Gasteiger partial charge in [-0.1, -0.05) is 6.92 Å². The number of nitrogens with zero attached hydrogens (tertiary/aromatic N) is 1. The highest BCUT2D eigenvalue weighted by Crippen LogP contribution is 2.20. The largest absolute Gasteiger partial charge is 0.444 e. The van der Waals surface area contributed by atoms with Crippen LogP contribution in [0.1, 0.15) is 40.5 Å². The van der Waals surface area contributed by atoms with Crippen molar-refractivity contribution in [1.82, 2.24) is 4.90 Å². The highest BCUT2D eigenvalue weighted by atomic mass is 19.1. The Morgan fingerprint density at radius 2 is 2.06 bits per heavy atom. The average Bonchev–Trinajstić information content (AvgIpc) is 2.23. The molecular formula is C12H22FNO2. The van der Waals surface area contributed by atoms with Crippen LogP contribution in [0.3, 0.4) is 0 Å². The zero-order valence-electron chi connectivity index (χ0n) is 10.6. The molecule has 1 saturated heterocycles. The van der Waals surface area contributed by atoms with Gasteiger partial charge in [-0.05, 0) is 39.5 Å². The van der Waals surface area contributed by atoms with E-state index in [1.54, 1.807) is 0 Å². The normalized spacial score (nSPS) is 27.4. The molecular weight excluding hydrogens is 209 g/mol. The molecule has 16 heavy (non-hydrogen) atoms. The lowest BCUT2D eigenvalue weighted by atomic mass is 10.0. The van der Waals surface area contributed by atoms with Crippen molar-refractivity contribution in [3.8, 4) is 0 Å². The first-order valence-electron chi connectivity index (χ1n) is 5.90. The lowest BCUT2D eigenvalue weighted by molar-refractivity contribution is 0.0221. The maximum atomic E-state index is 13.5. The number of alkyl halides is 1. The van der Waals surface area contributed by atoms with Crippen molar-refractivity contribution in [3.63, 3.8) is 0 Å². The van der Waals surface area contributed by atoms with Crippen LogP contribution in [0.5, 0.6) is 0 Å². The molecule has 1 aliphatic heterocycles. The van der Waals surface area contributed by atoms with Crippen LogP contribution in [0.15, 0.2) is 0 Å². The zero-order chi connectivity index (χ0) is 12.3. The van der Waals surface area contributed by atoms with Gasteiger partial charge < -0.3 is 9.64 Å². The standard InChI is InChI=1S/C12H22FNO2/c1-9-5-6-14(8-10(13)7-9)11(15)16-12(2,3)4/h9-10H,5-8H2,1-4H3/t9-,10-/m1/s1. The van der Waals surface area contributed by atoms with Gasteiger partial charge in [-0.25, -0.2) is 9.18 Å². The molecule has 0 aliphatic carbocycles. The molecule has 94 valence electrons. The van der Waals surface area contributed by atoms with E-state index in [1.807, 2.05) is 27.7 Å². The van der Waals surface area contributed by atoms with E-state index in [1.165, 1.54) is 4.90 Å². The van der Waals surface area contributed by atoms with E-state index in [0.29, 0.717) is 18.9 Å². The van der Waals surface area contributed by atoms with Crippen LogP contribution in [0.25, 0.3) is 0 Å². The molecule has 0 aromatic carbocycles. The van der Waals surface area contributed by atoms with E-state index in [9.17, 15) is 9.18 Å². The van der Waals surface area contributed by atoms with Crippen LogP contribution in [0, 0.1) is 5.92 Å². The van der Waals surface area contributed by atoms with Crippen molar-refractivity contribution in [2.45, 2.75) is 52.3 Å². The molecule has 0 N–H and O–H groups in total. The lowest BCUT2D eigenvalue weighted by Crippen LogP contribution is -2.39. The fourth-order valence-electron chi connectivity index (χ4n) is 1.83. The molecule has 0 spiro atoms. The summed E-state index contributed by atoms with van der Waals surface area (Å²) >= 11 is 0. The van der Waals surface area contributed by atoms with E-state index in [-0.39, 0.29) is 6.54 Å². The van der Waals surface area contributed by atoms with E-state index >= 15 is 0 Å². The van der Waals surface area contributed by atoms with Crippen LogP contribution < -0.4 is 0 Å². The third-order valence-electron chi connectivity index (χ3n) is 2.62. The Balaban J connectivity index is 2.55. The number of rotatable bonds is 0. The number of hydrogen-bond donors (Lipinski definition) is 0. The predicted octanol–water partition coefficient (Wildman–Crippen LogP) is 2.99. The Kier molecular flexibility index (Phi) is 4.16. The molecule has 1 aliphatic rings. The van der Waals surface area contributed by atoms with Gasteiger partial charge in [0.05, 0.1) is 6.54 Å². The first-order valence-corrected chi connectivity index (χ1v) is 5.90. The van der Waals surface area contributed by atoms with Gasteiger partial charge >= 0.3 is 6.09 Å². The molecule has 1 amide bonds. The van der Waals surface area contributed by atoms with E-state index in [4.69, 9.17) is 4.74 Å². The lowest BCUT2D eigenvalue weighted by Gasteiger charge is -2.26. The van der Waals surface area contributed by atoms with Crippen molar-refractivity contribution in [3.05, 3.63) is 0 Å². The molecule has 1 heterocycles. The Hall–Kier alpha value is -0.800. The first kappa shape index (κ1) is 13.3. The summed E-state index contributed by atoms with van der Waals surface area (Å²) in [6.45, 7) is 8.23. The molecule has 0 aromatic rings. The minimum atomic E-state index is -0.926. The van der Waals surface area contributed by atoms with Gasteiger partial charge in [0.2, 0.25) is 0 Å². The van der Waals surface area contributed by atoms with E-state index < -0.39 is 17.9 Å². The predicted molar refractivity (Wildman–Crippen MR) is 61.1 cm³/mol. The summed E-state index contributed by atoms with van der Waals surface area (Å²) in [6.07, 6.45) is 0.0631. The van der Waals surface area contributed by atoms with Crippen LogP contribution in [0.2, 0.25) is 0 Å². The Labute approximate surface area is 96.9 Å². The molecule has 0 unspecified atom stereocenters. The summed E-state index contributed by atoms with van der Waals surface area (Å²) < 4.78 is 18.7.